The lowest BCUT2D eigenvalue weighted by molar-refractivity contribution is -0.132. The van der Waals surface area contributed by atoms with Gasteiger partial charge in [-0.2, -0.15) is 0 Å². The zero-order chi connectivity index (χ0) is 20.7. The van der Waals surface area contributed by atoms with Gasteiger partial charge in [-0.1, -0.05) is 23.7 Å². The van der Waals surface area contributed by atoms with Gasteiger partial charge < -0.3 is 19.9 Å². The van der Waals surface area contributed by atoms with Crippen LogP contribution in [0.25, 0.3) is 0 Å². The number of carbonyl (C=O) groups is 1. The molecule has 0 aromatic heterocycles. The Morgan fingerprint density at radius 2 is 1.93 bits per heavy atom. The maximum atomic E-state index is 12.9. The van der Waals surface area contributed by atoms with E-state index in [0.717, 1.165) is 49.5 Å². The Bertz CT molecular complexity index is 938. The molecule has 30 heavy (non-hydrogen) atoms. The number of hydrogen-bond donors (Lipinski definition) is 1. The highest BCUT2D eigenvalue weighted by Gasteiger charge is 2.49. The van der Waals surface area contributed by atoms with Crippen molar-refractivity contribution in [2.75, 3.05) is 37.0 Å². The summed E-state index contributed by atoms with van der Waals surface area (Å²) in [6.07, 6.45) is 4.80. The molecule has 1 unspecified atom stereocenters. The third-order valence-corrected chi connectivity index (χ3v) is 7.32. The first-order valence-electron chi connectivity index (χ1n) is 10.8. The molecule has 1 N–H and O–H groups in total. The minimum Gasteiger partial charge on any atom is -0.497 e. The Labute approximate surface area is 182 Å². The molecule has 0 saturated carbocycles. The standard InChI is InChI=1S/C24H28ClN3O2/c1-30-19-8-9-21-20(16-19)26-24(22-3-2-12-28(21)22)10-13-27(14-11-24)23(29)15-17-4-6-18(25)7-5-17/h4-9,16,22,26H,2-3,10-15H2,1H3. The van der Waals surface area contributed by atoms with Gasteiger partial charge in [-0.3, -0.25) is 4.79 Å². The number of benzene rings is 2. The van der Waals surface area contributed by atoms with Crippen molar-refractivity contribution in [2.45, 2.75) is 43.7 Å². The maximum absolute atomic E-state index is 12.9. The van der Waals surface area contributed by atoms with Crippen LogP contribution in [0.3, 0.4) is 0 Å². The number of carbonyl (C=O) groups excluding carboxylic acids is 1. The average Bonchev–Trinajstić information content (AvgIpc) is 3.27. The van der Waals surface area contributed by atoms with E-state index in [-0.39, 0.29) is 11.4 Å². The van der Waals surface area contributed by atoms with Crippen LogP contribution in [0.15, 0.2) is 42.5 Å². The molecule has 0 bridgehead atoms. The number of hydrogen-bond acceptors (Lipinski definition) is 4. The summed E-state index contributed by atoms with van der Waals surface area (Å²) < 4.78 is 5.46. The van der Waals surface area contributed by atoms with Crippen LogP contribution >= 0.6 is 11.6 Å². The highest BCUT2D eigenvalue weighted by Crippen LogP contribution is 2.47. The summed E-state index contributed by atoms with van der Waals surface area (Å²) in [6, 6.07) is 14.4. The van der Waals surface area contributed by atoms with E-state index >= 15 is 0 Å². The number of ether oxygens (including phenoxy) is 1. The number of halogens is 1. The number of piperidine rings is 1. The summed E-state index contributed by atoms with van der Waals surface area (Å²) in [5, 5.41) is 4.60. The van der Waals surface area contributed by atoms with Crippen molar-refractivity contribution in [2.24, 2.45) is 0 Å². The van der Waals surface area contributed by atoms with Crippen LogP contribution in [0.2, 0.25) is 5.02 Å². The van der Waals surface area contributed by atoms with Gasteiger partial charge >= 0.3 is 0 Å². The summed E-state index contributed by atoms with van der Waals surface area (Å²) >= 11 is 5.96. The second kappa shape index (κ2) is 7.69. The topological polar surface area (TPSA) is 44.8 Å². The second-order valence-corrected chi connectivity index (χ2v) is 9.14. The molecule has 1 amide bonds. The monoisotopic (exact) mass is 425 g/mol. The van der Waals surface area contributed by atoms with Gasteiger partial charge in [0.1, 0.15) is 5.75 Å². The van der Waals surface area contributed by atoms with Crippen LogP contribution in [0.5, 0.6) is 5.75 Å². The first-order chi connectivity index (χ1) is 14.6. The molecule has 5 rings (SSSR count). The molecule has 0 aliphatic carbocycles. The molecule has 2 aromatic rings. The second-order valence-electron chi connectivity index (χ2n) is 8.70. The van der Waals surface area contributed by atoms with E-state index in [1.165, 1.54) is 18.5 Å². The number of nitrogens with one attached hydrogen (secondary N) is 1. The number of anilines is 2. The van der Waals surface area contributed by atoms with E-state index < -0.39 is 0 Å². The van der Waals surface area contributed by atoms with Crippen molar-refractivity contribution in [3.63, 3.8) is 0 Å². The fraction of sp³-hybridized carbons (Fsp3) is 0.458. The van der Waals surface area contributed by atoms with Crippen LogP contribution in [-0.4, -0.2) is 49.1 Å². The van der Waals surface area contributed by atoms with E-state index in [1.54, 1.807) is 7.11 Å². The van der Waals surface area contributed by atoms with Crippen LogP contribution in [0, 0.1) is 0 Å². The summed E-state index contributed by atoms with van der Waals surface area (Å²) in [7, 11) is 1.71. The predicted molar refractivity (Wildman–Crippen MR) is 121 cm³/mol. The summed E-state index contributed by atoms with van der Waals surface area (Å²) in [5.41, 5.74) is 3.48. The van der Waals surface area contributed by atoms with Gasteiger partial charge in [-0.05, 0) is 55.5 Å². The van der Waals surface area contributed by atoms with Crippen molar-refractivity contribution in [3.8, 4) is 5.75 Å². The fourth-order valence-corrected chi connectivity index (χ4v) is 5.60. The van der Waals surface area contributed by atoms with Gasteiger partial charge in [0.15, 0.2) is 0 Å². The molecule has 158 valence electrons. The Kier molecular flexibility index (Phi) is 5.02. The van der Waals surface area contributed by atoms with Crippen molar-refractivity contribution in [1.29, 1.82) is 0 Å². The molecule has 2 saturated heterocycles. The molecule has 3 aliphatic rings. The predicted octanol–water partition coefficient (Wildman–Crippen LogP) is 4.35. The van der Waals surface area contributed by atoms with Gasteiger partial charge in [0.05, 0.1) is 36.5 Å². The minimum atomic E-state index is 0.0208. The first-order valence-corrected chi connectivity index (χ1v) is 11.2. The minimum absolute atomic E-state index is 0.0208. The molecule has 3 aliphatic heterocycles. The largest absolute Gasteiger partial charge is 0.497 e. The summed E-state index contributed by atoms with van der Waals surface area (Å²) in [5.74, 6) is 1.08. The molecule has 2 fully saturated rings. The Balaban J connectivity index is 1.31. The van der Waals surface area contributed by atoms with Gasteiger partial charge in [0, 0.05) is 30.7 Å². The van der Waals surface area contributed by atoms with Crippen molar-refractivity contribution in [3.05, 3.63) is 53.1 Å². The number of likely N-dealkylation sites (tertiary alicyclic amines) is 1. The zero-order valence-electron chi connectivity index (χ0n) is 17.4. The lowest BCUT2D eigenvalue weighted by atomic mass is 9.77. The first kappa shape index (κ1) is 19.6. The summed E-state index contributed by atoms with van der Waals surface area (Å²) in [4.78, 5) is 17.5. The SMILES string of the molecule is COc1ccc2c(c1)NC1(CCN(C(=O)Cc3ccc(Cl)cc3)CC1)C1CCCN21. The normalized spacial score (nSPS) is 21.7. The van der Waals surface area contributed by atoms with Gasteiger partial charge in [-0.25, -0.2) is 0 Å². The van der Waals surface area contributed by atoms with E-state index in [1.807, 2.05) is 35.2 Å². The van der Waals surface area contributed by atoms with Crippen molar-refractivity contribution in [1.82, 2.24) is 4.90 Å². The highest BCUT2D eigenvalue weighted by molar-refractivity contribution is 6.30. The van der Waals surface area contributed by atoms with Gasteiger partial charge in [0.25, 0.3) is 0 Å². The average molecular weight is 426 g/mol. The third-order valence-electron chi connectivity index (χ3n) is 7.06. The third kappa shape index (κ3) is 3.39. The Hall–Kier alpha value is -2.40. The molecule has 6 heteroatoms. The van der Waals surface area contributed by atoms with E-state index in [2.05, 4.69) is 22.3 Å². The maximum Gasteiger partial charge on any atom is 0.226 e. The quantitative estimate of drug-likeness (QED) is 0.794. The van der Waals surface area contributed by atoms with Crippen molar-refractivity contribution >= 4 is 28.9 Å². The fourth-order valence-electron chi connectivity index (χ4n) is 5.48. The molecule has 0 radical (unpaired) electrons. The number of fused-ring (bicyclic) bond motifs is 4. The number of amides is 1. The lowest BCUT2D eigenvalue weighted by Crippen LogP contribution is -2.63. The van der Waals surface area contributed by atoms with Gasteiger partial charge in [0.2, 0.25) is 5.91 Å². The molecule has 1 atom stereocenters. The molecule has 5 nitrogen and oxygen atoms in total. The smallest absolute Gasteiger partial charge is 0.226 e. The Morgan fingerprint density at radius 1 is 1.17 bits per heavy atom. The van der Waals surface area contributed by atoms with Crippen LogP contribution in [-0.2, 0) is 11.2 Å². The molecule has 2 aromatic carbocycles. The molecular weight excluding hydrogens is 398 g/mol. The van der Waals surface area contributed by atoms with Gasteiger partial charge in [-0.15, -0.1) is 0 Å². The molecule has 1 spiro atoms. The van der Waals surface area contributed by atoms with Crippen LogP contribution in [0.4, 0.5) is 11.4 Å². The molecule has 3 heterocycles. The van der Waals surface area contributed by atoms with Crippen LogP contribution in [0.1, 0.15) is 31.2 Å². The van der Waals surface area contributed by atoms with E-state index in [9.17, 15) is 4.79 Å². The Morgan fingerprint density at radius 3 is 2.67 bits per heavy atom. The highest BCUT2D eigenvalue weighted by atomic mass is 35.5. The van der Waals surface area contributed by atoms with E-state index in [0.29, 0.717) is 17.5 Å². The summed E-state index contributed by atoms with van der Waals surface area (Å²) in [6.45, 7) is 2.69. The lowest BCUT2D eigenvalue weighted by Gasteiger charge is -2.53. The number of nitrogens with zero attached hydrogens (tertiary/aromatic N) is 2. The van der Waals surface area contributed by atoms with Crippen molar-refractivity contribution < 1.29 is 9.53 Å². The van der Waals surface area contributed by atoms with Crippen LogP contribution < -0.4 is 15.0 Å². The number of rotatable bonds is 3. The molecular formula is C24H28ClN3O2. The van der Waals surface area contributed by atoms with E-state index in [4.69, 9.17) is 16.3 Å². The number of methoxy groups -OCH3 is 1. The zero-order valence-corrected chi connectivity index (χ0v) is 18.1.